The van der Waals surface area contributed by atoms with Gasteiger partial charge in [0.25, 0.3) is 0 Å². The number of hydrogen-bond acceptors (Lipinski definition) is 5. The van der Waals surface area contributed by atoms with Gasteiger partial charge in [0.05, 0.1) is 29.5 Å². The number of hydrogen-bond donors (Lipinski definition) is 2. The molecule has 25 heavy (non-hydrogen) atoms. The minimum Gasteiger partial charge on any atom is -0.495 e. The first kappa shape index (κ1) is 19.2. The second-order valence-corrected chi connectivity index (χ2v) is 8.91. The summed E-state index contributed by atoms with van der Waals surface area (Å²) in [6.07, 6.45) is 0. The second kappa shape index (κ2) is 6.30. The Morgan fingerprint density at radius 3 is 2.28 bits per heavy atom. The molecule has 2 atom stereocenters. The highest BCUT2D eigenvalue weighted by Gasteiger charge is 2.65. The van der Waals surface area contributed by atoms with Crippen molar-refractivity contribution in [1.29, 1.82) is 0 Å². The third kappa shape index (κ3) is 3.34. The summed E-state index contributed by atoms with van der Waals surface area (Å²) in [4.78, 5) is 23.7. The number of rotatable bonds is 6. The zero-order chi connectivity index (χ0) is 19.2. The normalized spacial score (nSPS) is 21.7. The van der Waals surface area contributed by atoms with Crippen LogP contribution in [-0.4, -0.2) is 50.9 Å². The zero-order valence-electron chi connectivity index (χ0n) is 14.7. The lowest BCUT2D eigenvalue weighted by molar-refractivity contribution is -0.140. The van der Waals surface area contributed by atoms with Gasteiger partial charge in [-0.1, -0.05) is 13.8 Å². The molecule has 1 aliphatic rings. The highest BCUT2D eigenvalue weighted by Crippen LogP contribution is 2.58. The summed E-state index contributed by atoms with van der Waals surface area (Å²) in [5, 5.41) is 11.8. The number of nitrogens with one attached hydrogen (secondary N) is 1. The lowest BCUT2D eigenvalue weighted by Gasteiger charge is -2.15. The number of carbonyl (C=O) groups is 2. The zero-order valence-corrected chi connectivity index (χ0v) is 15.5. The molecule has 0 heterocycles. The van der Waals surface area contributed by atoms with E-state index in [0.717, 1.165) is 4.31 Å². The molecule has 1 aromatic rings. The number of sulfonamides is 1. The van der Waals surface area contributed by atoms with Gasteiger partial charge in [0, 0.05) is 14.1 Å². The molecular formula is C16H22N2O6S. The van der Waals surface area contributed by atoms with Crippen molar-refractivity contribution in [3.63, 3.8) is 0 Å². The first-order valence-corrected chi connectivity index (χ1v) is 9.02. The van der Waals surface area contributed by atoms with E-state index in [1.54, 1.807) is 13.8 Å². The molecule has 1 saturated carbocycles. The molecule has 0 aliphatic heterocycles. The SMILES string of the molecule is COc1ccc(S(=O)(=O)N(C)C)cc1NC(=O)[C@@H]1[C@@H](C(=O)O)C1(C)C. The Morgan fingerprint density at radius 1 is 1.24 bits per heavy atom. The van der Waals surface area contributed by atoms with E-state index in [9.17, 15) is 23.1 Å². The van der Waals surface area contributed by atoms with E-state index in [-0.39, 0.29) is 16.3 Å². The van der Waals surface area contributed by atoms with Crippen LogP contribution < -0.4 is 10.1 Å². The first-order chi connectivity index (χ1) is 11.4. The summed E-state index contributed by atoms with van der Waals surface area (Å²) >= 11 is 0. The van der Waals surface area contributed by atoms with Crippen LogP contribution in [0.2, 0.25) is 0 Å². The number of nitrogens with zero attached hydrogens (tertiary/aromatic N) is 1. The number of methoxy groups -OCH3 is 1. The summed E-state index contributed by atoms with van der Waals surface area (Å²) in [6, 6.07) is 4.13. The van der Waals surface area contributed by atoms with Gasteiger partial charge in [-0.25, -0.2) is 12.7 Å². The van der Waals surface area contributed by atoms with Crippen LogP contribution in [0.5, 0.6) is 5.75 Å². The quantitative estimate of drug-likeness (QED) is 0.779. The molecule has 9 heteroatoms. The molecule has 2 N–H and O–H groups in total. The molecule has 0 spiro atoms. The maximum atomic E-state index is 12.5. The van der Waals surface area contributed by atoms with E-state index in [1.165, 1.54) is 39.4 Å². The molecule has 8 nitrogen and oxygen atoms in total. The molecule has 1 fully saturated rings. The minimum atomic E-state index is -3.68. The Morgan fingerprint density at radius 2 is 1.84 bits per heavy atom. The Kier molecular flexibility index (Phi) is 4.84. The topological polar surface area (TPSA) is 113 Å². The number of carboxylic acid groups (broad SMARTS) is 1. The number of carbonyl (C=O) groups excluding carboxylic acids is 1. The van der Waals surface area contributed by atoms with Crippen LogP contribution in [-0.2, 0) is 19.6 Å². The Balaban J connectivity index is 2.33. The van der Waals surface area contributed by atoms with Crippen molar-refractivity contribution in [3.8, 4) is 5.75 Å². The molecule has 0 radical (unpaired) electrons. The summed E-state index contributed by atoms with van der Waals surface area (Å²) in [5.74, 6) is -2.68. The van der Waals surface area contributed by atoms with Crippen molar-refractivity contribution in [3.05, 3.63) is 18.2 Å². The van der Waals surface area contributed by atoms with Crippen molar-refractivity contribution < 1.29 is 27.9 Å². The van der Waals surface area contributed by atoms with Crippen LogP contribution in [0.4, 0.5) is 5.69 Å². The monoisotopic (exact) mass is 370 g/mol. The number of aliphatic carboxylic acids is 1. The molecule has 138 valence electrons. The lowest BCUT2D eigenvalue weighted by Crippen LogP contribution is -2.23. The standard InChI is InChI=1S/C16H22N2O6S/c1-16(2)12(13(16)15(20)21)14(19)17-10-8-9(6-7-11(10)24-5)25(22,23)18(3)4/h6-8,12-13H,1-5H3,(H,17,19)(H,20,21)/t12-,13-/m0/s1. The van der Waals surface area contributed by atoms with Crippen molar-refractivity contribution in [1.82, 2.24) is 4.31 Å². The largest absolute Gasteiger partial charge is 0.495 e. The van der Waals surface area contributed by atoms with Crippen molar-refractivity contribution in [2.75, 3.05) is 26.5 Å². The molecule has 1 aromatic carbocycles. The number of benzene rings is 1. The number of carboxylic acids is 1. The molecule has 0 unspecified atom stereocenters. The summed E-state index contributed by atoms with van der Waals surface area (Å²) < 4.78 is 30.7. The van der Waals surface area contributed by atoms with E-state index in [1.807, 2.05) is 0 Å². The second-order valence-electron chi connectivity index (χ2n) is 6.75. The van der Waals surface area contributed by atoms with Crippen LogP contribution in [0.1, 0.15) is 13.8 Å². The van der Waals surface area contributed by atoms with Gasteiger partial charge in [-0.3, -0.25) is 9.59 Å². The van der Waals surface area contributed by atoms with Crippen LogP contribution in [0.25, 0.3) is 0 Å². The van der Waals surface area contributed by atoms with E-state index < -0.39 is 39.2 Å². The maximum Gasteiger partial charge on any atom is 0.307 e. The van der Waals surface area contributed by atoms with E-state index in [0.29, 0.717) is 0 Å². The van der Waals surface area contributed by atoms with Gasteiger partial charge in [0.15, 0.2) is 0 Å². The Bertz CT molecular complexity index is 816. The van der Waals surface area contributed by atoms with E-state index in [2.05, 4.69) is 5.32 Å². The summed E-state index contributed by atoms with van der Waals surface area (Å²) in [6.45, 7) is 3.42. The fraction of sp³-hybridized carbons (Fsp3) is 0.500. The maximum absolute atomic E-state index is 12.5. The summed E-state index contributed by atoms with van der Waals surface area (Å²) in [5.41, 5.74) is -0.474. The average Bonchev–Trinajstić information content (AvgIpc) is 3.10. The first-order valence-electron chi connectivity index (χ1n) is 7.58. The van der Waals surface area contributed by atoms with Crippen molar-refractivity contribution in [2.24, 2.45) is 17.3 Å². The Hall–Kier alpha value is -2.13. The van der Waals surface area contributed by atoms with Crippen LogP contribution in [0.15, 0.2) is 23.1 Å². The molecule has 1 amide bonds. The van der Waals surface area contributed by atoms with Gasteiger partial charge in [-0.15, -0.1) is 0 Å². The predicted molar refractivity (Wildman–Crippen MR) is 90.9 cm³/mol. The fourth-order valence-electron chi connectivity index (χ4n) is 2.95. The van der Waals surface area contributed by atoms with Gasteiger partial charge < -0.3 is 15.2 Å². The number of ether oxygens (including phenoxy) is 1. The van der Waals surface area contributed by atoms with Crippen LogP contribution in [0, 0.1) is 17.3 Å². The van der Waals surface area contributed by atoms with E-state index >= 15 is 0 Å². The summed E-state index contributed by atoms with van der Waals surface area (Å²) in [7, 11) is 0.525. The van der Waals surface area contributed by atoms with Crippen molar-refractivity contribution >= 4 is 27.6 Å². The van der Waals surface area contributed by atoms with Crippen LogP contribution in [0.3, 0.4) is 0 Å². The van der Waals surface area contributed by atoms with Gasteiger partial charge in [0.1, 0.15) is 5.75 Å². The van der Waals surface area contributed by atoms with Gasteiger partial charge in [-0.2, -0.15) is 0 Å². The van der Waals surface area contributed by atoms with Gasteiger partial charge in [-0.05, 0) is 23.6 Å². The predicted octanol–water partition coefficient (Wildman–Crippen LogP) is 1.24. The molecule has 0 aromatic heterocycles. The number of anilines is 1. The van der Waals surface area contributed by atoms with Gasteiger partial charge in [0.2, 0.25) is 15.9 Å². The van der Waals surface area contributed by atoms with Crippen molar-refractivity contribution in [2.45, 2.75) is 18.7 Å². The lowest BCUT2D eigenvalue weighted by atomic mass is 10.1. The molecular weight excluding hydrogens is 348 g/mol. The van der Waals surface area contributed by atoms with Crippen LogP contribution >= 0.6 is 0 Å². The fourth-order valence-corrected chi connectivity index (χ4v) is 3.88. The third-order valence-electron chi connectivity index (χ3n) is 4.58. The van der Waals surface area contributed by atoms with E-state index in [4.69, 9.17) is 4.74 Å². The highest BCUT2D eigenvalue weighted by atomic mass is 32.2. The number of amides is 1. The minimum absolute atomic E-state index is 0.00144. The third-order valence-corrected chi connectivity index (χ3v) is 6.39. The smallest absolute Gasteiger partial charge is 0.307 e. The average molecular weight is 370 g/mol. The van der Waals surface area contributed by atoms with Gasteiger partial charge >= 0.3 is 5.97 Å². The molecule has 2 rings (SSSR count). The highest BCUT2D eigenvalue weighted by molar-refractivity contribution is 7.89. The Labute approximate surface area is 146 Å². The molecule has 0 bridgehead atoms. The molecule has 0 saturated heterocycles. The molecule has 1 aliphatic carbocycles.